The molecule has 0 fully saturated rings. The molecule has 1 aliphatic heterocycles. The predicted molar refractivity (Wildman–Crippen MR) is 143 cm³/mol. The van der Waals surface area contributed by atoms with Gasteiger partial charge in [0.1, 0.15) is 11.4 Å². The lowest BCUT2D eigenvalue weighted by Crippen LogP contribution is -2.41. The van der Waals surface area contributed by atoms with Crippen LogP contribution in [-0.2, 0) is 27.7 Å². The van der Waals surface area contributed by atoms with Crippen LogP contribution < -0.4 is 26.2 Å². The second-order valence-corrected chi connectivity index (χ2v) is 11.7. The molecule has 0 bridgehead atoms. The van der Waals surface area contributed by atoms with E-state index < -0.39 is 16.1 Å². The van der Waals surface area contributed by atoms with Gasteiger partial charge in [-0.15, -0.1) is 0 Å². The number of sulfonamides is 1. The Hall–Kier alpha value is -3.12. The quantitative estimate of drug-likeness (QED) is 0.174. The zero-order valence-electron chi connectivity index (χ0n) is 22.3. The number of nitrogens with two attached hydrogens (primary N) is 2. The highest BCUT2D eigenvalue weighted by Crippen LogP contribution is 2.42. The van der Waals surface area contributed by atoms with Crippen molar-refractivity contribution in [3.8, 4) is 5.75 Å². The third kappa shape index (κ3) is 7.01. The monoisotopic (exact) mass is 533 g/mol. The molecule has 3 rings (SSSR count). The van der Waals surface area contributed by atoms with Crippen LogP contribution in [-0.4, -0.2) is 55.0 Å². The molecule has 1 aromatic carbocycles. The molecule has 12 heteroatoms. The van der Waals surface area contributed by atoms with Crippen molar-refractivity contribution in [3.63, 3.8) is 0 Å². The summed E-state index contributed by atoms with van der Waals surface area (Å²) in [6.45, 7) is 10.2. The molecule has 2 heterocycles. The van der Waals surface area contributed by atoms with Crippen LogP contribution in [0.2, 0.25) is 0 Å². The van der Waals surface area contributed by atoms with Gasteiger partial charge in [0.2, 0.25) is 11.9 Å². The van der Waals surface area contributed by atoms with Crippen LogP contribution in [0.25, 0.3) is 0 Å². The van der Waals surface area contributed by atoms with Gasteiger partial charge in [-0.2, -0.15) is 0 Å². The highest BCUT2D eigenvalue weighted by Gasteiger charge is 2.33. The van der Waals surface area contributed by atoms with Crippen LogP contribution in [0, 0.1) is 20.8 Å². The topological polar surface area (TPSA) is 178 Å². The van der Waals surface area contributed by atoms with Crippen molar-refractivity contribution >= 4 is 21.9 Å². The number of carbonyl (C=O) groups is 1. The number of imidazole rings is 1. The second kappa shape index (κ2) is 11.5. The molecular weight excluding hydrogens is 494 g/mol. The maximum Gasteiger partial charge on any atom is 0.264 e. The average molecular weight is 534 g/mol. The lowest BCUT2D eigenvalue weighted by Gasteiger charge is -2.35. The zero-order valence-corrected chi connectivity index (χ0v) is 23.1. The fourth-order valence-corrected chi connectivity index (χ4v) is 6.01. The second-order valence-electron chi connectivity index (χ2n) is 10.1. The number of rotatable bonds is 10. The molecule has 1 atom stereocenters. The molecule has 2 aromatic rings. The van der Waals surface area contributed by atoms with Crippen LogP contribution >= 0.6 is 0 Å². The minimum absolute atomic E-state index is 0.205. The Balaban J connectivity index is 1.56. The zero-order chi connectivity index (χ0) is 27.4. The summed E-state index contributed by atoms with van der Waals surface area (Å²) in [5, 5.41) is 2.79. The van der Waals surface area contributed by atoms with Gasteiger partial charge in [-0.05, 0) is 82.6 Å². The van der Waals surface area contributed by atoms with Crippen LogP contribution in [0.4, 0.5) is 0 Å². The minimum atomic E-state index is -3.96. The Kier molecular flexibility index (Phi) is 8.85. The number of fused-ring (bicyclic) bond motifs is 1. The van der Waals surface area contributed by atoms with Crippen molar-refractivity contribution in [2.75, 3.05) is 13.1 Å². The molecule has 1 amide bonds. The fourth-order valence-electron chi connectivity index (χ4n) is 4.49. The molecule has 204 valence electrons. The molecule has 0 spiro atoms. The first-order chi connectivity index (χ1) is 17.3. The van der Waals surface area contributed by atoms with Crippen LogP contribution in [0.3, 0.4) is 0 Å². The van der Waals surface area contributed by atoms with E-state index in [0.29, 0.717) is 36.9 Å². The van der Waals surface area contributed by atoms with E-state index in [1.807, 2.05) is 20.8 Å². The van der Waals surface area contributed by atoms with Gasteiger partial charge in [-0.3, -0.25) is 9.79 Å². The first kappa shape index (κ1) is 28.5. The number of benzene rings is 1. The lowest BCUT2D eigenvalue weighted by atomic mass is 9.88. The molecular formula is C25H39N7O4S. The summed E-state index contributed by atoms with van der Waals surface area (Å²) >= 11 is 0. The van der Waals surface area contributed by atoms with Gasteiger partial charge < -0.3 is 26.5 Å². The van der Waals surface area contributed by atoms with Gasteiger partial charge in [-0.25, -0.2) is 18.1 Å². The molecule has 7 N–H and O–H groups in total. The normalized spacial score (nSPS) is 16.0. The minimum Gasteiger partial charge on any atom is -0.487 e. The number of nitrogens with one attached hydrogen (secondary N) is 3. The standard InChI is InChI=1S/C25H39N7O4S/c1-15-16(2)22(17(3)19-8-10-25(4,5)36-21(15)19)37(34,35)32-24(27)30-11-6-7-20(26)23(33)29-12-9-18-13-28-14-31-18/h13-14,20H,6-12,26H2,1-5H3,(H,28,31)(H,29,33)(H3,27,30,32). The van der Waals surface area contributed by atoms with Gasteiger partial charge >= 0.3 is 0 Å². The predicted octanol–water partition coefficient (Wildman–Crippen LogP) is 1.50. The first-order valence-electron chi connectivity index (χ1n) is 12.5. The fraction of sp³-hybridized carbons (Fsp3) is 0.560. The molecule has 0 aliphatic carbocycles. The largest absolute Gasteiger partial charge is 0.487 e. The van der Waals surface area contributed by atoms with E-state index in [-0.39, 0.29) is 28.9 Å². The van der Waals surface area contributed by atoms with E-state index in [2.05, 4.69) is 25.0 Å². The number of hydrogen-bond acceptors (Lipinski definition) is 7. The molecule has 0 radical (unpaired) electrons. The van der Waals surface area contributed by atoms with Crippen molar-refractivity contribution in [3.05, 3.63) is 40.5 Å². The summed E-state index contributed by atoms with van der Waals surface area (Å²) in [6, 6.07) is -0.689. The van der Waals surface area contributed by atoms with E-state index in [1.165, 1.54) is 0 Å². The Morgan fingerprint density at radius 3 is 2.68 bits per heavy atom. The summed E-state index contributed by atoms with van der Waals surface area (Å²) in [4.78, 5) is 23.4. The summed E-state index contributed by atoms with van der Waals surface area (Å²) in [5.41, 5.74) is 15.5. The number of guanidine groups is 1. The highest BCUT2D eigenvalue weighted by molar-refractivity contribution is 7.90. The number of aromatic amines is 1. The molecule has 0 saturated carbocycles. The van der Waals surface area contributed by atoms with Crippen molar-refractivity contribution in [1.29, 1.82) is 0 Å². The van der Waals surface area contributed by atoms with E-state index in [1.54, 1.807) is 26.4 Å². The SMILES string of the molecule is Cc1c(C)c(S(=O)(=O)NC(N)=NCCCC(N)C(=O)NCCc2cnc[nH]2)c(C)c2c1OC(C)(C)CC2. The number of carbonyl (C=O) groups excluding carboxylic acids is 1. The van der Waals surface area contributed by atoms with E-state index >= 15 is 0 Å². The summed E-state index contributed by atoms with van der Waals surface area (Å²) < 4.78 is 35.1. The smallest absolute Gasteiger partial charge is 0.264 e. The molecule has 37 heavy (non-hydrogen) atoms. The third-order valence-corrected chi connectivity index (χ3v) is 8.34. The molecule has 0 saturated heterocycles. The van der Waals surface area contributed by atoms with Crippen LogP contribution in [0.1, 0.15) is 61.1 Å². The Morgan fingerprint density at radius 1 is 1.27 bits per heavy atom. The van der Waals surface area contributed by atoms with E-state index in [0.717, 1.165) is 35.4 Å². The van der Waals surface area contributed by atoms with Gasteiger partial charge in [0.25, 0.3) is 10.0 Å². The van der Waals surface area contributed by atoms with Crippen molar-refractivity contribution < 1.29 is 17.9 Å². The van der Waals surface area contributed by atoms with Crippen LogP contribution in [0.5, 0.6) is 5.75 Å². The summed E-state index contributed by atoms with van der Waals surface area (Å²) in [7, 11) is -3.96. The van der Waals surface area contributed by atoms with Gasteiger partial charge in [0.05, 0.1) is 17.3 Å². The maximum atomic E-state index is 13.3. The van der Waals surface area contributed by atoms with E-state index in [4.69, 9.17) is 16.2 Å². The average Bonchev–Trinajstić information content (AvgIpc) is 3.32. The Labute approximate surface area is 218 Å². The number of amides is 1. The maximum absolute atomic E-state index is 13.3. The number of H-pyrrole nitrogens is 1. The van der Waals surface area contributed by atoms with Gasteiger partial charge in [0, 0.05) is 31.4 Å². The molecule has 1 aliphatic rings. The van der Waals surface area contributed by atoms with E-state index in [9.17, 15) is 13.2 Å². The van der Waals surface area contributed by atoms with Crippen molar-refractivity contribution in [1.82, 2.24) is 20.0 Å². The Bertz CT molecular complexity index is 1250. The molecule has 1 unspecified atom stereocenters. The number of aromatic nitrogens is 2. The molecule has 11 nitrogen and oxygen atoms in total. The highest BCUT2D eigenvalue weighted by atomic mass is 32.2. The van der Waals surface area contributed by atoms with Gasteiger partial charge in [-0.1, -0.05) is 0 Å². The van der Waals surface area contributed by atoms with Crippen molar-refractivity contribution in [2.24, 2.45) is 16.5 Å². The summed E-state index contributed by atoms with van der Waals surface area (Å²) in [5.74, 6) is 0.316. The number of hydrogen-bond donors (Lipinski definition) is 5. The molecule has 1 aromatic heterocycles. The van der Waals surface area contributed by atoms with Gasteiger partial charge in [0.15, 0.2) is 0 Å². The summed E-state index contributed by atoms with van der Waals surface area (Å²) in [6.07, 6.45) is 6.31. The number of nitrogens with zero attached hydrogens (tertiary/aromatic N) is 2. The first-order valence-corrected chi connectivity index (χ1v) is 14.0. The van der Waals surface area contributed by atoms with Crippen LogP contribution in [0.15, 0.2) is 22.4 Å². The Morgan fingerprint density at radius 2 is 2.00 bits per heavy atom. The van der Waals surface area contributed by atoms with Crippen molar-refractivity contribution in [2.45, 2.75) is 83.3 Å². The lowest BCUT2D eigenvalue weighted by molar-refractivity contribution is -0.122. The number of ether oxygens (including phenoxy) is 1. The number of aliphatic imine (C=N–C) groups is 1. The third-order valence-electron chi connectivity index (χ3n) is 6.71.